The Morgan fingerprint density at radius 2 is 2.00 bits per heavy atom. The minimum atomic E-state index is 0.399. The zero-order valence-electron chi connectivity index (χ0n) is 13.1. The number of hydrogen-bond donors (Lipinski definition) is 1. The molecule has 1 unspecified atom stereocenters. The summed E-state index contributed by atoms with van der Waals surface area (Å²) in [6.07, 6.45) is 4.26. The van der Waals surface area contributed by atoms with Gasteiger partial charge in [0.2, 0.25) is 0 Å². The lowest BCUT2D eigenvalue weighted by molar-refractivity contribution is 0.192. The van der Waals surface area contributed by atoms with Crippen LogP contribution in [0.25, 0.3) is 0 Å². The maximum atomic E-state index is 5.23. The molecular weight excluding hydrogens is 248 g/mol. The number of methoxy groups -OCH3 is 1. The lowest BCUT2D eigenvalue weighted by Crippen LogP contribution is -2.37. The summed E-state index contributed by atoms with van der Waals surface area (Å²) in [4.78, 5) is 2.47. The van der Waals surface area contributed by atoms with Crippen molar-refractivity contribution in [2.45, 2.75) is 32.2 Å². The molecule has 1 atom stereocenters. The van der Waals surface area contributed by atoms with Crippen LogP contribution in [0.1, 0.15) is 37.8 Å². The fraction of sp³-hybridized carbons (Fsp3) is 0.647. The van der Waals surface area contributed by atoms with Crippen LogP contribution >= 0.6 is 0 Å². The van der Waals surface area contributed by atoms with Gasteiger partial charge in [0, 0.05) is 19.1 Å². The highest BCUT2D eigenvalue weighted by molar-refractivity contribution is 5.29. The van der Waals surface area contributed by atoms with Crippen molar-refractivity contribution in [3.63, 3.8) is 0 Å². The first-order chi connectivity index (χ1) is 9.72. The molecule has 20 heavy (non-hydrogen) atoms. The van der Waals surface area contributed by atoms with E-state index in [0.29, 0.717) is 6.04 Å². The first-order valence-electron chi connectivity index (χ1n) is 7.78. The fourth-order valence-corrected chi connectivity index (χ4v) is 2.87. The van der Waals surface area contributed by atoms with Crippen LogP contribution < -0.4 is 10.1 Å². The number of nitrogens with zero attached hydrogens (tertiary/aromatic N) is 1. The van der Waals surface area contributed by atoms with Crippen LogP contribution in [0.15, 0.2) is 24.3 Å². The maximum Gasteiger partial charge on any atom is 0.118 e. The Kier molecular flexibility index (Phi) is 5.86. The average Bonchev–Trinajstić information content (AvgIpc) is 2.43. The summed E-state index contributed by atoms with van der Waals surface area (Å²) in [6, 6.07) is 8.83. The van der Waals surface area contributed by atoms with Gasteiger partial charge in [-0.25, -0.2) is 0 Å². The van der Waals surface area contributed by atoms with Gasteiger partial charge in [0.25, 0.3) is 0 Å². The van der Waals surface area contributed by atoms with Gasteiger partial charge in [-0.1, -0.05) is 25.5 Å². The molecule has 0 amide bonds. The largest absolute Gasteiger partial charge is 0.497 e. The molecule has 0 radical (unpaired) electrons. The van der Waals surface area contributed by atoms with Gasteiger partial charge in [0.1, 0.15) is 5.75 Å². The molecule has 1 aliphatic rings. The Morgan fingerprint density at radius 3 is 2.50 bits per heavy atom. The molecule has 1 aliphatic carbocycles. The highest BCUT2D eigenvalue weighted by Crippen LogP contribution is 2.27. The molecule has 0 saturated heterocycles. The zero-order valence-corrected chi connectivity index (χ0v) is 13.1. The van der Waals surface area contributed by atoms with E-state index in [1.807, 2.05) is 12.1 Å². The van der Waals surface area contributed by atoms with Crippen molar-refractivity contribution in [2.75, 3.05) is 33.8 Å². The molecule has 1 saturated carbocycles. The van der Waals surface area contributed by atoms with E-state index in [1.54, 1.807) is 7.11 Å². The van der Waals surface area contributed by atoms with Gasteiger partial charge in [0.15, 0.2) is 0 Å². The summed E-state index contributed by atoms with van der Waals surface area (Å²) in [5.41, 5.74) is 1.34. The molecular formula is C17H28N2O. The Balaban J connectivity index is 1.93. The number of nitrogens with one attached hydrogen (secondary N) is 1. The van der Waals surface area contributed by atoms with Crippen LogP contribution in [0, 0.1) is 5.92 Å². The van der Waals surface area contributed by atoms with Gasteiger partial charge in [-0.15, -0.1) is 0 Å². The first kappa shape index (κ1) is 15.3. The maximum absolute atomic E-state index is 5.23. The van der Waals surface area contributed by atoms with Gasteiger partial charge in [-0.3, -0.25) is 0 Å². The third-order valence-corrected chi connectivity index (χ3v) is 4.26. The van der Waals surface area contributed by atoms with Crippen molar-refractivity contribution in [3.05, 3.63) is 29.8 Å². The van der Waals surface area contributed by atoms with Crippen LogP contribution in [-0.4, -0.2) is 38.7 Å². The van der Waals surface area contributed by atoms with E-state index in [1.165, 1.54) is 31.4 Å². The van der Waals surface area contributed by atoms with E-state index in [4.69, 9.17) is 4.74 Å². The Hall–Kier alpha value is -1.06. The molecule has 1 fully saturated rings. The number of ether oxygens (including phenoxy) is 1. The van der Waals surface area contributed by atoms with Crippen molar-refractivity contribution < 1.29 is 4.74 Å². The van der Waals surface area contributed by atoms with Gasteiger partial charge in [0.05, 0.1) is 7.11 Å². The van der Waals surface area contributed by atoms with Crippen molar-refractivity contribution in [2.24, 2.45) is 5.92 Å². The van der Waals surface area contributed by atoms with Crippen molar-refractivity contribution in [1.82, 2.24) is 10.2 Å². The van der Waals surface area contributed by atoms with Crippen LogP contribution in [0.3, 0.4) is 0 Å². The average molecular weight is 276 g/mol. The highest BCUT2D eigenvalue weighted by Gasteiger charge is 2.21. The second-order valence-corrected chi connectivity index (χ2v) is 5.90. The van der Waals surface area contributed by atoms with E-state index in [0.717, 1.165) is 24.8 Å². The molecule has 0 aliphatic heterocycles. The topological polar surface area (TPSA) is 24.5 Å². The van der Waals surface area contributed by atoms with Crippen molar-refractivity contribution >= 4 is 0 Å². The van der Waals surface area contributed by atoms with Crippen LogP contribution in [-0.2, 0) is 0 Å². The third kappa shape index (κ3) is 4.22. The molecule has 0 aromatic heterocycles. The standard InChI is InChI=1S/C17H28N2O/c1-4-18-17(13-19(2)12-14-6-5-7-14)15-8-10-16(20-3)11-9-15/h8-11,14,17-18H,4-7,12-13H2,1-3H3. The van der Waals surface area contributed by atoms with E-state index < -0.39 is 0 Å². The molecule has 0 heterocycles. The molecule has 3 nitrogen and oxygen atoms in total. The molecule has 3 heteroatoms. The number of rotatable bonds is 8. The van der Waals surface area contributed by atoms with Crippen molar-refractivity contribution in [1.29, 1.82) is 0 Å². The lowest BCUT2D eigenvalue weighted by atomic mass is 9.85. The third-order valence-electron chi connectivity index (χ3n) is 4.26. The lowest BCUT2D eigenvalue weighted by Gasteiger charge is -2.32. The SMILES string of the molecule is CCNC(CN(C)CC1CCC1)c1ccc(OC)cc1. The van der Waals surface area contributed by atoms with E-state index in [9.17, 15) is 0 Å². The molecule has 1 aromatic rings. The predicted octanol–water partition coefficient (Wildman–Crippen LogP) is 3.08. The fourth-order valence-electron chi connectivity index (χ4n) is 2.87. The van der Waals surface area contributed by atoms with Gasteiger partial charge in [-0.2, -0.15) is 0 Å². The molecule has 1 aromatic carbocycles. The smallest absolute Gasteiger partial charge is 0.118 e. The minimum absolute atomic E-state index is 0.399. The first-order valence-corrected chi connectivity index (χ1v) is 7.78. The van der Waals surface area contributed by atoms with Gasteiger partial charge < -0.3 is 15.0 Å². The Bertz CT molecular complexity index is 386. The minimum Gasteiger partial charge on any atom is -0.497 e. The summed E-state index contributed by atoms with van der Waals surface area (Å²) in [7, 11) is 3.95. The Morgan fingerprint density at radius 1 is 1.30 bits per heavy atom. The predicted molar refractivity (Wildman–Crippen MR) is 84.2 cm³/mol. The van der Waals surface area contributed by atoms with Crippen LogP contribution in [0.5, 0.6) is 5.75 Å². The normalized spacial score (nSPS) is 17.0. The molecule has 112 valence electrons. The van der Waals surface area contributed by atoms with E-state index in [2.05, 4.69) is 36.3 Å². The van der Waals surface area contributed by atoms with E-state index >= 15 is 0 Å². The monoisotopic (exact) mass is 276 g/mol. The summed E-state index contributed by atoms with van der Waals surface area (Å²) < 4.78 is 5.23. The van der Waals surface area contributed by atoms with Gasteiger partial charge in [-0.05, 0) is 50.0 Å². The number of hydrogen-bond acceptors (Lipinski definition) is 3. The summed E-state index contributed by atoms with van der Waals surface area (Å²) >= 11 is 0. The van der Waals surface area contributed by atoms with Crippen molar-refractivity contribution in [3.8, 4) is 5.75 Å². The molecule has 0 bridgehead atoms. The molecule has 2 rings (SSSR count). The van der Waals surface area contributed by atoms with E-state index in [-0.39, 0.29) is 0 Å². The second kappa shape index (κ2) is 7.65. The molecule has 1 N–H and O–H groups in total. The van der Waals surface area contributed by atoms with Gasteiger partial charge >= 0.3 is 0 Å². The quantitative estimate of drug-likeness (QED) is 0.789. The van der Waals surface area contributed by atoms with Crippen LogP contribution in [0.4, 0.5) is 0 Å². The summed E-state index contributed by atoms with van der Waals surface area (Å²) in [5, 5.41) is 3.59. The highest BCUT2D eigenvalue weighted by atomic mass is 16.5. The Labute approximate surface area is 123 Å². The summed E-state index contributed by atoms with van der Waals surface area (Å²) in [5.74, 6) is 1.85. The zero-order chi connectivity index (χ0) is 14.4. The summed E-state index contributed by atoms with van der Waals surface area (Å²) in [6.45, 7) is 5.46. The number of likely N-dealkylation sites (N-methyl/N-ethyl adjacent to an activating group) is 2. The second-order valence-electron chi connectivity index (χ2n) is 5.90. The number of benzene rings is 1. The van der Waals surface area contributed by atoms with Crippen LogP contribution in [0.2, 0.25) is 0 Å². The molecule has 0 spiro atoms.